The predicted molar refractivity (Wildman–Crippen MR) is 107 cm³/mol. The van der Waals surface area contributed by atoms with Gasteiger partial charge in [0.25, 0.3) is 5.91 Å². The van der Waals surface area contributed by atoms with E-state index in [2.05, 4.69) is 10.3 Å². The molecule has 0 saturated carbocycles. The maximum Gasteiger partial charge on any atom is 0.251 e. The van der Waals surface area contributed by atoms with Crippen LogP contribution in [0.15, 0.2) is 67.3 Å². The average Bonchev–Trinajstić information content (AvgIpc) is 3.40. The van der Waals surface area contributed by atoms with Crippen LogP contribution in [-0.2, 0) is 4.79 Å². The first-order chi connectivity index (χ1) is 13.6. The minimum atomic E-state index is -0.134. The van der Waals surface area contributed by atoms with Crippen LogP contribution in [0.2, 0.25) is 0 Å². The third-order valence-corrected chi connectivity index (χ3v) is 5.06. The number of anilines is 1. The van der Waals surface area contributed by atoms with Crippen LogP contribution in [0.25, 0.3) is 5.69 Å². The number of imidazole rings is 1. The topological polar surface area (TPSA) is 67.2 Å². The summed E-state index contributed by atoms with van der Waals surface area (Å²) in [7, 11) is 0. The Morgan fingerprint density at radius 3 is 2.39 bits per heavy atom. The molecule has 1 saturated heterocycles. The summed E-state index contributed by atoms with van der Waals surface area (Å²) in [6.45, 7) is 2.71. The van der Waals surface area contributed by atoms with Gasteiger partial charge in [-0.3, -0.25) is 9.59 Å². The van der Waals surface area contributed by atoms with Gasteiger partial charge in [0, 0.05) is 42.3 Å². The molecule has 0 spiro atoms. The number of aromatic nitrogens is 2. The van der Waals surface area contributed by atoms with Crippen molar-refractivity contribution in [1.82, 2.24) is 14.9 Å². The zero-order chi connectivity index (χ0) is 19.5. The quantitative estimate of drug-likeness (QED) is 0.743. The van der Waals surface area contributed by atoms with Gasteiger partial charge in [0.05, 0.1) is 12.4 Å². The monoisotopic (exact) mass is 374 g/mol. The number of nitrogens with one attached hydrogen (secondary N) is 1. The van der Waals surface area contributed by atoms with E-state index < -0.39 is 0 Å². The molecule has 1 aliphatic rings. The fourth-order valence-corrected chi connectivity index (χ4v) is 3.42. The molecule has 2 heterocycles. The van der Waals surface area contributed by atoms with Gasteiger partial charge in [0.1, 0.15) is 0 Å². The highest BCUT2D eigenvalue weighted by Gasteiger charge is 2.21. The van der Waals surface area contributed by atoms with Crippen LogP contribution < -0.4 is 10.2 Å². The van der Waals surface area contributed by atoms with Crippen LogP contribution in [0.5, 0.6) is 0 Å². The van der Waals surface area contributed by atoms with Gasteiger partial charge >= 0.3 is 0 Å². The van der Waals surface area contributed by atoms with Crippen LogP contribution in [0.4, 0.5) is 5.69 Å². The van der Waals surface area contributed by atoms with Crippen LogP contribution in [0, 0.1) is 0 Å². The predicted octanol–water partition coefficient (Wildman–Crippen LogP) is 3.49. The first-order valence-electron chi connectivity index (χ1n) is 9.41. The normalized spacial score (nSPS) is 14.9. The van der Waals surface area contributed by atoms with Crippen molar-refractivity contribution in [2.75, 3.05) is 11.4 Å². The Morgan fingerprint density at radius 1 is 1.07 bits per heavy atom. The minimum absolute atomic E-state index is 0.121. The van der Waals surface area contributed by atoms with Crippen LogP contribution >= 0.6 is 0 Å². The Labute approximate surface area is 163 Å². The van der Waals surface area contributed by atoms with Gasteiger partial charge < -0.3 is 14.8 Å². The van der Waals surface area contributed by atoms with E-state index in [1.165, 1.54) is 0 Å². The summed E-state index contributed by atoms with van der Waals surface area (Å²) in [6.07, 6.45) is 6.86. The largest absolute Gasteiger partial charge is 0.346 e. The Morgan fingerprint density at radius 2 is 1.79 bits per heavy atom. The van der Waals surface area contributed by atoms with Crippen LogP contribution in [0.1, 0.15) is 41.7 Å². The van der Waals surface area contributed by atoms with Crippen molar-refractivity contribution in [3.63, 3.8) is 0 Å². The molecule has 1 aliphatic heterocycles. The number of amides is 2. The summed E-state index contributed by atoms with van der Waals surface area (Å²) in [5.74, 6) is 0.00967. The average molecular weight is 374 g/mol. The second-order valence-corrected chi connectivity index (χ2v) is 6.95. The van der Waals surface area contributed by atoms with E-state index in [0.29, 0.717) is 12.0 Å². The molecule has 6 heteroatoms. The molecule has 1 atom stereocenters. The molecule has 0 unspecified atom stereocenters. The van der Waals surface area contributed by atoms with Gasteiger partial charge in [0.2, 0.25) is 5.91 Å². The molecule has 3 aromatic rings. The summed E-state index contributed by atoms with van der Waals surface area (Å²) in [4.78, 5) is 30.2. The zero-order valence-corrected chi connectivity index (χ0v) is 15.7. The first-order valence-corrected chi connectivity index (χ1v) is 9.41. The number of carbonyl (C=O) groups excluding carboxylic acids is 2. The van der Waals surface area contributed by atoms with Crippen LogP contribution in [-0.4, -0.2) is 27.9 Å². The first kappa shape index (κ1) is 18.0. The Kier molecular flexibility index (Phi) is 4.93. The molecule has 0 bridgehead atoms. The van der Waals surface area contributed by atoms with Crippen molar-refractivity contribution < 1.29 is 9.59 Å². The number of hydrogen-bond acceptors (Lipinski definition) is 3. The number of benzene rings is 2. The molecule has 2 aromatic carbocycles. The van der Waals surface area contributed by atoms with Crippen molar-refractivity contribution in [3.8, 4) is 5.69 Å². The smallest absolute Gasteiger partial charge is 0.251 e. The molecule has 28 heavy (non-hydrogen) atoms. The van der Waals surface area contributed by atoms with Gasteiger partial charge in [-0.15, -0.1) is 0 Å². The third-order valence-electron chi connectivity index (χ3n) is 5.06. The van der Waals surface area contributed by atoms with Crippen molar-refractivity contribution >= 4 is 17.5 Å². The molecular formula is C22H22N4O2. The third kappa shape index (κ3) is 3.67. The standard InChI is InChI=1S/C22H22N4O2/c1-16(17-4-8-19(9-5-17)25-14-12-23-15-25)24-22(28)18-6-10-20(11-7-18)26-13-2-3-21(26)27/h4-12,14-16H,2-3,13H2,1H3,(H,24,28)/t16-/m0/s1. The fraction of sp³-hybridized carbons (Fsp3) is 0.227. The Hall–Kier alpha value is -3.41. The molecule has 1 fully saturated rings. The molecule has 6 nitrogen and oxygen atoms in total. The highest BCUT2D eigenvalue weighted by Crippen LogP contribution is 2.22. The molecular weight excluding hydrogens is 352 g/mol. The van der Waals surface area contributed by atoms with E-state index in [4.69, 9.17) is 0 Å². The summed E-state index contributed by atoms with van der Waals surface area (Å²) in [6, 6.07) is 15.1. The van der Waals surface area contributed by atoms with Crippen molar-refractivity contribution in [1.29, 1.82) is 0 Å². The maximum absolute atomic E-state index is 12.6. The lowest BCUT2D eigenvalue weighted by Gasteiger charge is -2.17. The van der Waals surface area contributed by atoms with Gasteiger partial charge in [-0.05, 0) is 55.3 Å². The summed E-state index contributed by atoms with van der Waals surface area (Å²) < 4.78 is 1.93. The molecule has 1 aromatic heterocycles. The molecule has 4 rings (SSSR count). The highest BCUT2D eigenvalue weighted by atomic mass is 16.2. The van der Waals surface area contributed by atoms with Gasteiger partial charge in [-0.25, -0.2) is 4.98 Å². The van der Waals surface area contributed by atoms with E-state index in [-0.39, 0.29) is 17.9 Å². The van der Waals surface area contributed by atoms with E-state index in [1.54, 1.807) is 29.6 Å². The minimum Gasteiger partial charge on any atom is -0.346 e. The fourth-order valence-electron chi connectivity index (χ4n) is 3.42. The maximum atomic E-state index is 12.6. The van der Waals surface area contributed by atoms with Gasteiger partial charge in [0.15, 0.2) is 0 Å². The van der Waals surface area contributed by atoms with Crippen LogP contribution in [0.3, 0.4) is 0 Å². The molecule has 0 radical (unpaired) electrons. The van der Waals surface area contributed by atoms with E-state index >= 15 is 0 Å². The second-order valence-electron chi connectivity index (χ2n) is 6.95. The molecule has 0 aliphatic carbocycles. The van der Waals surface area contributed by atoms with Gasteiger partial charge in [-0.2, -0.15) is 0 Å². The van der Waals surface area contributed by atoms with E-state index in [1.807, 2.05) is 54.1 Å². The lowest BCUT2D eigenvalue weighted by Crippen LogP contribution is -2.27. The van der Waals surface area contributed by atoms with Crippen molar-refractivity contribution in [2.24, 2.45) is 0 Å². The number of nitrogens with zero attached hydrogens (tertiary/aromatic N) is 3. The molecule has 142 valence electrons. The molecule has 2 amide bonds. The SMILES string of the molecule is C[C@H](NC(=O)c1ccc(N2CCCC2=O)cc1)c1ccc(-n2ccnc2)cc1. The zero-order valence-electron chi connectivity index (χ0n) is 15.7. The summed E-state index contributed by atoms with van der Waals surface area (Å²) in [5, 5.41) is 3.03. The number of carbonyl (C=O) groups is 2. The second kappa shape index (κ2) is 7.68. The van der Waals surface area contributed by atoms with Crippen molar-refractivity contribution in [2.45, 2.75) is 25.8 Å². The molecule has 1 N–H and O–H groups in total. The lowest BCUT2D eigenvalue weighted by molar-refractivity contribution is -0.117. The number of rotatable bonds is 5. The summed E-state index contributed by atoms with van der Waals surface area (Å²) >= 11 is 0. The number of hydrogen-bond donors (Lipinski definition) is 1. The summed E-state index contributed by atoms with van der Waals surface area (Å²) in [5.41, 5.74) is 3.47. The Bertz CT molecular complexity index is 963. The Balaban J connectivity index is 1.40. The van der Waals surface area contributed by atoms with E-state index in [9.17, 15) is 9.59 Å². The van der Waals surface area contributed by atoms with Crippen molar-refractivity contribution in [3.05, 3.63) is 78.4 Å². The van der Waals surface area contributed by atoms with Gasteiger partial charge in [-0.1, -0.05) is 12.1 Å². The van der Waals surface area contributed by atoms with E-state index in [0.717, 1.165) is 29.9 Å². The lowest BCUT2D eigenvalue weighted by atomic mass is 10.1. The highest BCUT2D eigenvalue weighted by molar-refractivity contribution is 5.97.